The van der Waals surface area contributed by atoms with Gasteiger partial charge in [0.1, 0.15) is 0 Å². The molecule has 1 unspecified atom stereocenters. The number of benzene rings is 2. The lowest BCUT2D eigenvalue weighted by atomic mass is 10.0. The summed E-state index contributed by atoms with van der Waals surface area (Å²) < 4.78 is 2.38. The van der Waals surface area contributed by atoms with Crippen LogP contribution in [0.2, 0.25) is 0 Å². The van der Waals surface area contributed by atoms with Crippen molar-refractivity contribution in [3.05, 3.63) is 79.0 Å². The number of hydrogen-bond acceptors (Lipinski definition) is 0. The van der Waals surface area contributed by atoms with Gasteiger partial charge in [0, 0.05) is 24.1 Å². The predicted octanol–water partition coefficient (Wildman–Crippen LogP) is 5.28. The summed E-state index contributed by atoms with van der Waals surface area (Å²) in [5.74, 6) is 0. The minimum Gasteiger partial charge on any atom is -0.196 e. The van der Waals surface area contributed by atoms with E-state index in [-0.39, 0.29) is 0 Å². The number of nitrogens with zero attached hydrogens (tertiary/aromatic N) is 1. The lowest BCUT2D eigenvalue weighted by molar-refractivity contribution is -0.709. The molecule has 0 spiro atoms. The zero-order chi connectivity index (χ0) is 15.4. The van der Waals surface area contributed by atoms with E-state index in [4.69, 9.17) is 0 Å². The Hall–Kier alpha value is -2.41. The molecule has 0 saturated carbocycles. The molecule has 110 valence electrons. The van der Waals surface area contributed by atoms with Crippen LogP contribution >= 0.6 is 0 Å². The van der Waals surface area contributed by atoms with Gasteiger partial charge in [0.05, 0.1) is 0 Å². The zero-order valence-electron chi connectivity index (χ0n) is 13.2. The van der Waals surface area contributed by atoms with E-state index in [0.717, 1.165) is 6.42 Å². The number of hydrogen-bond donors (Lipinski definition) is 0. The van der Waals surface area contributed by atoms with Gasteiger partial charge in [-0.25, -0.2) is 0 Å². The molecule has 3 rings (SSSR count). The van der Waals surface area contributed by atoms with Crippen LogP contribution in [0.4, 0.5) is 0 Å². The zero-order valence-corrected chi connectivity index (χ0v) is 13.2. The number of rotatable bonds is 4. The molecule has 1 heterocycles. The molecule has 0 aliphatic heterocycles. The molecule has 2 aromatic carbocycles. The van der Waals surface area contributed by atoms with Crippen LogP contribution in [0, 0.1) is 0 Å². The van der Waals surface area contributed by atoms with Crippen molar-refractivity contribution in [2.75, 3.05) is 0 Å². The minimum atomic E-state index is 0.486. The molecule has 1 heteroatoms. The van der Waals surface area contributed by atoms with Gasteiger partial charge in [0.25, 0.3) is 0 Å². The summed E-state index contributed by atoms with van der Waals surface area (Å²) >= 11 is 0. The van der Waals surface area contributed by atoms with Crippen LogP contribution in [0.3, 0.4) is 0 Å². The summed E-state index contributed by atoms with van der Waals surface area (Å²) in [7, 11) is 0. The highest BCUT2D eigenvalue weighted by Crippen LogP contribution is 2.24. The van der Waals surface area contributed by atoms with Gasteiger partial charge in [-0.2, -0.15) is 4.57 Å². The first-order chi connectivity index (χ1) is 10.8. The third kappa shape index (κ3) is 2.94. The molecule has 0 saturated heterocycles. The van der Waals surface area contributed by atoms with Crippen molar-refractivity contribution in [3.8, 4) is 22.4 Å². The summed E-state index contributed by atoms with van der Waals surface area (Å²) in [4.78, 5) is 0. The van der Waals surface area contributed by atoms with Gasteiger partial charge in [0.2, 0.25) is 5.69 Å². The lowest BCUT2D eigenvalue weighted by Gasteiger charge is -2.11. The van der Waals surface area contributed by atoms with Crippen molar-refractivity contribution in [3.63, 3.8) is 0 Å². The third-order valence-corrected chi connectivity index (χ3v) is 4.23. The Morgan fingerprint density at radius 2 is 1.36 bits per heavy atom. The molecule has 3 aromatic rings. The van der Waals surface area contributed by atoms with Crippen molar-refractivity contribution in [2.45, 2.75) is 26.3 Å². The van der Waals surface area contributed by atoms with E-state index in [1.165, 1.54) is 22.4 Å². The molecule has 0 bridgehead atoms. The second-order valence-electron chi connectivity index (χ2n) is 5.70. The first-order valence-electron chi connectivity index (χ1n) is 7.95. The fourth-order valence-corrected chi connectivity index (χ4v) is 2.74. The van der Waals surface area contributed by atoms with E-state index < -0.39 is 0 Å². The lowest BCUT2D eigenvalue weighted by Crippen LogP contribution is -2.39. The summed E-state index contributed by atoms with van der Waals surface area (Å²) in [5, 5.41) is 0. The third-order valence-electron chi connectivity index (χ3n) is 4.23. The van der Waals surface area contributed by atoms with Crippen LogP contribution in [0.25, 0.3) is 22.4 Å². The van der Waals surface area contributed by atoms with Crippen LogP contribution in [0.15, 0.2) is 79.0 Å². The van der Waals surface area contributed by atoms with Gasteiger partial charge < -0.3 is 0 Å². The summed E-state index contributed by atoms with van der Waals surface area (Å²) in [5.41, 5.74) is 5.06. The highest BCUT2D eigenvalue weighted by molar-refractivity contribution is 5.68. The van der Waals surface area contributed by atoms with Gasteiger partial charge in [-0.3, -0.25) is 0 Å². The van der Waals surface area contributed by atoms with Gasteiger partial charge in [-0.15, -0.1) is 0 Å². The van der Waals surface area contributed by atoms with Crippen molar-refractivity contribution in [2.24, 2.45) is 0 Å². The monoisotopic (exact) mass is 288 g/mol. The largest absolute Gasteiger partial charge is 0.213 e. The average Bonchev–Trinajstić information content (AvgIpc) is 2.62. The Balaban J connectivity index is 2.15. The maximum Gasteiger partial charge on any atom is 0.213 e. The molecule has 22 heavy (non-hydrogen) atoms. The maximum atomic E-state index is 2.38. The Labute approximate surface area is 132 Å². The van der Waals surface area contributed by atoms with E-state index in [0.29, 0.717) is 6.04 Å². The van der Waals surface area contributed by atoms with Gasteiger partial charge >= 0.3 is 0 Å². The Morgan fingerprint density at radius 3 is 1.95 bits per heavy atom. The predicted molar refractivity (Wildman–Crippen MR) is 92.5 cm³/mol. The van der Waals surface area contributed by atoms with E-state index in [2.05, 4.69) is 97.4 Å². The molecular formula is C21H22N+. The van der Waals surface area contributed by atoms with Crippen LogP contribution < -0.4 is 4.57 Å². The fraction of sp³-hybridized carbons (Fsp3) is 0.190. The SMILES string of the molecule is CCC(C)[n+]1ccc(-c2ccccc2)cc1-c1ccccc1. The van der Waals surface area contributed by atoms with E-state index in [9.17, 15) is 0 Å². The standard InChI is InChI=1S/C21H22N/c1-3-17(2)22-15-14-20(18-10-6-4-7-11-18)16-21(22)19-12-8-5-9-13-19/h4-17H,3H2,1-2H3/q+1. The fourth-order valence-electron chi connectivity index (χ4n) is 2.74. The summed E-state index contributed by atoms with van der Waals surface area (Å²) in [6, 6.07) is 26.2. The summed E-state index contributed by atoms with van der Waals surface area (Å²) in [6.07, 6.45) is 3.34. The molecule has 0 aliphatic rings. The van der Waals surface area contributed by atoms with Crippen molar-refractivity contribution in [1.29, 1.82) is 0 Å². The molecule has 1 atom stereocenters. The first kappa shape index (κ1) is 14.5. The molecule has 0 aliphatic carbocycles. The molecule has 0 amide bonds. The topological polar surface area (TPSA) is 3.88 Å². The van der Waals surface area contributed by atoms with E-state index >= 15 is 0 Å². The van der Waals surface area contributed by atoms with Crippen molar-refractivity contribution < 1.29 is 4.57 Å². The van der Waals surface area contributed by atoms with Gasteiger partial charge in [-0.1, -0.05) is 55.5 Å². The highest BCUT2D eigenvalue weighted by atomic mass is 15.0. The van der Waals surface area contributed by atoms with E-state index in [1.54, 1.807) is 0 Å². The van der Waals surface area contributed by atoms with E-state index in [1.807, 2.05) is 0 Å². The summed E-state index contributed by atoms with van der Waals surface area (Å²) in [6.45, 7) is 4.51. The van der Waals surface area contributed by atoms with Gasteiger partial charge in [0.15, 0.2) is 12.2 Å². The second-order valence-corrected chi connectivity index (χ2v) is 5.70. The Morgan fingerprint density at radius 1 is 0.773 bits per heavy atom. The molecular weight excluding hydrogens is 266 g/mol. The molecule has 0 radical (unpaired) electrons. The Kier molecular flexibility index (Phi) is 4.34. The van der Waals surface area contributed by atoms with Crippen molar-refractivity contribution >= 4 is 0 Å². The van der Waals surface area contributed by atoms with Crippen LogP contribution in [-0.4, -0.2) is 0 Å². The first-order valence-corrected chi connectivity index (χ1v) is 7.95. The smallest absolute Gasteiger partial charge is 0.196 e. The number of aromatic nitrogens is 1. The maximum absolute atomic E-state index is 2.38. The normalized spacial score (nSPS) is 12.1. The number of pyridine rings is 1. The quantitative estimate of drug-likeness (QED) is 0.575. The average molecular weight is 288 g/mol. The second kappa shape index (κ2) is 6.57. The highest BCUT2D eigenvalue weighted by Gasteiger charge is 2.19. The van der Waals surface area contributed by atoms with Crippen LogP contribution in [0.5, 0.6) is 0 Å². The Bertz CT molecular complexity index is 732. The van der Waals surface area contributed by atoms with Crippen LogP contribution in [-0.2, 0) is 0 Å². The minimum absolute atomic E-state index is 0.486. The molecule has 0 N–H and O–H groups in total. The van der Waals surface area contributed by atoms with Crippen LogP contribution in [0.1, 0.15) is 26.3 Å². The molecule has 1 nitrogen and oxygen atoms in total. The molecule has 0 fully saturated rings. The van der Waals surface area contributed by atoms with Crippen molar-refractivity contribution in [1.82, 2.24) is 0 Å². The van der Waals surface area contributed by atoms with Gasteiger partial charge in [-0.05, 0) is 30.2 Å². The molecule has 1 aromatic heterocycles.